The topological polar surface area (TPSA) is 210 Å². The molecule has 66 heavy (non-hydrogen) atoms. The van der Waals surface area contributed by atoms with Crippen molar-refractivity contribution in [1.82, 2.24) is 0 Å². The van der Waals surface area contributed by atoms with Gasteiger partial charge in [0.1, 0.15) is 43.2 Å². The average Bonchev–Trinajstić information content (AvgIpc) is 3.30. The largest absolute Gasteiger partial charge is 0.472 e. The number of allylic oxidation sites excluding steroid dienone is 8. The molecule has 6 unspecified atom stereocenters. The van der Waals surface area contributed by atoms with Gasteiger partial charge in [0.2, 0.25) is 0 Å². The third-order valence-corrected chi connectivity index (χ3v) is 12.9. The fourth-order valence-electron chi connectivity index (χ4n) is 7.75. The highest BCUT2D eigenvalue weighted by Gasteiger charge is 2.51. The minimum atomic E-state index is -5.13. The Kier molecular flexibility index (Phi) is 39.1. The van der Waals surface area contributed by atoms with E-state index in [1.165, 1.54) is 103 Å². The zero-order valence-electron chi connectivity index (χ0n) is 41.0. The Morgan fingerprint density at radius 3 is 1.30 bits per heavy atom. The molecule has 13 nitrogen and oxygen atoms in total. The molecular weight excluding hydrogens is 864 g/mol. The van der Waals surface area contributed by atoms with Crippen LogP contribution in [0.25, 0.3) is 0 Å². The Morgan fingerprint density at radius 1 is 0.470 bits per heavy atom. The van der Waals surface area contributed by atoms with E-state index in [0.717, 1.165) is 70.6 Å². The Labute approximate surface area is 399 Å². The Bertz CT molecular complexity index is 1340. The lowest BCUT2D eigenvalue weighted by atomic mass is 9.85. The van der Waals surface area contributed by atoms with E-state index in [4.69, 9.17) is 18.5 Å². The van der Waals surface area contributed by atoms with Crippen LogP contribution < -0.4 is 0 Å². The van der Waals surface area contributed by atoms with Crippen LogP contribution in [0, 0.1) is 0 Å². The Balaban J connectivity index is 2.41. The first-order valence-electron chi connectivity index (χ1n) is 25.9. The number of rotatable bonds is 43. The van der Waals surface area contributed by atoms with Gasteiger partial charge in [-0.15, -0.1) is 0 Å². The lowest BCUT2D eigenvalue weighted by molar-refractivity contribution is -0.220. The molecule has 0 saturated heterocycles. The standard InChI is InChI=1S/C52H93O13P/c1-3-5-7-9-11-13-15-17-19-21-22-23-25-27-29-31-33-35-37-39-41-46(54)64-44(43-63-66(60,61)65-52-50(58)48(56)47(55)49(57)51(52)59)42-62-45(53)40-38-36-34-32-30-28-26-24-20-18-16-14-12-10-8-6-4-2/h8,10,14,16,20,24,28,30,44,47-52,55-59H,3-7,9,11-13,15,17-19,21-23,25-27,29,31-43H2,1-2H3,(H,60,61)/b10-8+,16-14+,24-20+,30-28+/t44-,47?,48-,49?,50?,51?,52?/m1/s1. The van der Waals surface area contributed by atoms with Gasteiger partial charge in [-0.25, -0.2) is 4.57 Å². The van der Waals surface area contributed by atoms with Crippen molar-refractivity contribution in [3.8, 4) is 0 Å². The van der Waals surface area contributed by atoms with Crippen molar-refractivity contribution < 1.29 is 63.1 Å². The van der Waals surface area contributed by atoms with Crippen molar-refractivity contribution in [3.63, 3.8) is 0 Å². The number of carbonyl (C=O) groups excluding carboxylic acids is 2. The summed E-state index contributed by atoms with van der Waals surface area (Å²) in [7, 11) is -5.13. The molecule has 1 aliphatic carbocycles. The summed E-state index contributed by atoms with van der Waals surface area (Å²) in [5, 5.41) is 50.3. The van der Waals surface area contributed by atoms with Gasteiger partial charge in [-0.2, -0.15) is 0 Å². The van der Waals surface area contributed by atoms with E-state index in [1.807, 2.05) is 0 Å². The van der Waals surface area contributed by atoms with Crippen LogP contribution >= 0.6 is 7.82 Å². The van der Waals surface area contributed by atoms with Gasteiger partial charge < -0.3 is 39.9 Å². The maximum Gasteiger partial charge on any atom is 0.472 e. The molecule has 14 heteroatoms. The molecule has 1 rings (SSSR count). The molecular formula is C52H93O13P. The van der Waals surface area contributed by atoms with Crippen molar-refractivity contribution in [3.05, 3.63) is 48.6 Å². The number of esters is 2. The number of ether oxygens (including phenoxy) is 2. The fraction of sp³-hybridized carbons (Fsp3) is 0.808. The van der Waals surface area contributed by atoms with Gasteiger partial charge in [-0.05, 0) is 51.4 Å². The summed E-state index contributed by atoms with van der Waals surface area (Å²) in [4.78, 5) is 35.8. The molecule has 0 bridgehead atoms. The summed E-state index contributed by atoms with van der Waals surface area (Å²) in [5.74, 6) is -1.13. The zero-order chi connectivity index (χ0) is 48.5. The quantitative estimate of drug-likeness (QED) is 0.0146. The van der Waals surface area contributed by atoms with E-state index in [-0.39, 0.29) is 12.8 Å². The summed E-state index contributed by atoms with van der Waals surface area (Å²) in [5.41, 5.74) is 0. The minimum absolute atomic E-state index is 0.0919. The molecule has 1 saturated carbocycles. The van der Waals surface area contributed by atoms with Crippen LogP contribution in [0.5, 0.6) is 0 Å². The molecule has 0 aromatic rings. The van der Waals surface area contributed by atoms with Gasteiger partial charge >= 0.3 is 19.8 Å². The van der Waals surface area contributed by atoms with E-state index >= 15 is 0 Å². The van der Waals surface area contributed by atoms with Crippen LogP contribution in [0.3, 0.4) is 0 Å². The van der Waals surface area contributed by atoms with E-state index in [9.17, 15) is 44.6 Å². The van der Waals surface area contributed by atoms with Crippen LogP contribution in [0.15, 0.2) is 48.6 Å². The highest BCUT2D eigenvalue weighted by molar-refractivity contribution is 7.47. The van der Waals surface area contributed by atoms with E-state index < -0.39 is 75.7 Å². The number of unbranched alkanes of at least 4 members (excludes halogenated alkanes) is 23. The number of phosphoric acid groups is 1. The van der Waals surface area contributed by atoms with Crippen LogP contribution in [-0.4, -0.2) is 98.3 Å². The predicted molar refractivity (Wildman–Crippen MR) is 263 cm³/mol. The van der Waals surface area contributed by atoms with Gasteiger partial charge in [0.05, 0.1) is 6.61 Å². The van der Waals surface area contributed by atoms with Crippen LogP contribution in [0.1, 0.15) is 213 Å². The van der Waals surface area contributed by atoms with Gasteiger partial charge in [0.25, 0.3) is 0 Å². The van der Waals surface area contributed by atoms with E-state index in [1.54, 1.807) is 0 Å². The van der Waals surface area contributed by atoms with E-state index in [0.29, 0.717) is 12.8 Å². The fourth-order valence-corrected chi connectivity index (χ4v) is 8.72. The number of hydrogen-bond donors (Lipinski definition) is 6. The number of phosphoric ester groups is 1. The highest BCUT2D eigenvalue weighted by Crippen LogP contribution is 2.47. The third-order valence-electron chi connectivity index (χ3n) is 11.9. The van der Waals surface area contributed by atoms with Crippen molar-refractivity contribution in [2.24, 2.45) is 0 Å². The maximum absolute atomic E-state index is 12.9. The molecule has 0 amide bonds. The summed E-state index contributed by atoms with van der Waals surface area (Å²) in [6, 6.07) is 0. The smallest absolute Gasteiger partial charge is 0.462 e. The van der Waals surface area contributed by atoms with Crippen LogP contribution in [0.2, 0.25) is 0 Å². The second-order valence-electron chi connectivity index (χ2n) is 18.0. The van der Waals surface area contributed by atoms with Gasteiger partial charge in [0.15, 0.2) is 6.10 Å². The lowest BCUT2D eigenvalue weighted by Crippen LogP contribution is -2.64. The molecule has 0 aromatic carbocycles. The second kappa shape index (κ2) is 41.8. The summed E-state index contributed by atoms with van der Waals surface area (Å²) < 4.78 is 33.6. The van der Waals surface area contributed by atoms with E-state index in [2.05, 4.69) is 62.5 Å². The molecule has 1 fully saturated rings. The first-order chi connectivity index (χ1) is 31.9. The molecule has 0 heterocycles. The Morgan fingerprint density at radius 2 is 0.848 bits per heavy atom. The van der Waals surface area contributed by atoms with Crippen molar-refractivity contribution in [2.45, 2.75) is 256 Å². The predicted octanol–water partition coefficient (Wildman–Crippen LogP) is 11.1. The molecule has 6 N–H and O–H groups in total. The molecule has 8 atom stereocenters. The zero-order valence-corrected chi connectivity index (χ0v) is 41.9. The normalized spacial score (nSPS) is 21.6. The third kappa shape index (κ3) is 33.3. The van der Waals surface area contributed by atoms with Crippen molar-refractivity contribution in [2.75, 3.05) is 13.2 Å². The Hall–Kier alpha value is -2.19. The molecule has 1 aliphatic rings. The van der Waals surface area contributed by atoms with Crippen LogP contribution in [-0.2, 0) is 32.7 Å². The molecule has 0 spiro atoms. The highest BCUT2D eigenvalue weighted by atomic mass is 31.2. The molecule has 0 aliphatic heterocycles. The first kappa shape index (κ1) is 61.8. The first-order valence-corrected chi connectivity index (χ1v) is 27.4. The number of aliphatic hydroxyl groups is 5. The van der Waals surface area contributed by atoms with Crippen LogP contribution in [0.4, 0.5) is 0 Å². The van der Waals surface area contributed by atoms with Gasteiger partial charge in [-0.3, -0.25) is 18.6 Å². The van der Waals surface area contributed by atoms with Crippen molar-refractivity contribution in [1.29, 1.82) is 0 Å². The summed E-state index contributed by atoms with van der Waals surface area (Å²) in [6.07, 6.45) is 37.3. The van der Waals surface area contributed by atoms with Crippen molar-refractivity contribution >= 4 is 19.8 Å². The summed E-state index contributed by atoms with van der Waals surface area (Å²) >= 11 is 0. The molecule has 0 radical (unpaired) electrons. The molecule has 0 aromatic heterocycles. The SMILES string of the molecule is CCC/C=C/C/C=C/C/C=C/C/C=C/CCCCCC(=O)OC[C@H](COP(=O)(O)OC1C(O)C(O)C(O)[C@@H](O)C1O)OC(=O)CCCCCCCCCCCCCCCCCCCCCC. The monoisotopic (exact) mass is 957 g/mol. The number of carbonyl (C=O) groups is 2. The van der Waals surface area contributed by atoms with Gasteiger partial charge in [-0.1, -0.05) is 197 Å². The summed E-state index contributed by atoms with van der Waals surface area (Å²) in [6.45, 7) is 3.23. The second-order valence-corrected chi connectivity index (χ2v) is 19.4. The lowest BCUT2D eigenvalue weighted by Gasteiger charge is -2.41. The van der Waals surface area contributed by atoms with Gasteiger partial charge in [0, 0.05) is 12.8 Å². The number of hydrogen-bond acceptors (Lipinski definition) is 12. The average molecular weight is 957 g/mol. The molecule has 384 valence electrons. The minimum Gasteiger partial charge on any atom is -0.462 e. The maximum atomic E-state index is 12.9. The number of aliphatic hydroxyl groups excluding tert-OH is 5.